The third-order valence-electron chi connectivity index (χ3n) is 1.14. The molecule has 0 saturated heterocycles. The van der Waals surface area contributed by atoms with Crippen molar-refractivity contribution in [3.8, 4) is 0 Å². The molecule has 11 heavy (non-hydrogen) atoms. The second-order valence-electron chi connectivity index (χ2n) is 3.54. The zero-order valence-electron chi connectivity index (χ0n) is 7.81. The van der Waals surface area contributed by atoms with Crippen molar-refractivity contribution in [2.75, 3.05) is 19.8 Å². The average Bonchev–Trinajstić information content (AvgIpc) is 1.85. The fourth-order valence-electron chi connectivity index (χ4n) is 0.665. The van der Waals surface area contributed by atoms with E-state index in [0.29, 0.717) is 6.61 Å². The van der Waals surface area contributed by atoms with Crippen LogP contribution in [0.15, 0.2) is 12.7 Å². The Labute approximate surface area is 69.6 Å². The summed E-state index contributed by atoms with van der Waals surface area (Å²) in [5, 5.41) is 3.32. The topological polar surface area (TPSA) is 21.3 Å². The van der Waals surface area contributed by atoms with E-state index in [2.05, 4.69) is 32.7 Å². The van der Waals surface area contributed by atoms with E-state index in [0.717, 1.165) is 13.2 Å². The zero-order chi connectivity index (χ0) is 8.74. The third-order valence-corrected chi connectivity index (χ3v) is 1.14. The van der Waals surface area contributed by atoms with E-state index in [1.54, 1.807) is 6.08 Å². The maximum atomic E-state index is 5.20. The standard InChI is InChI=1S/C9H19NO/c1-5-7-11-8-6-10-9(2,3)4/h5,10H,1,6-8H2,2-4H3. The highest BCUT2D eigenvalue weighted by Gasteiger charge is 2.06. The lowest BCUT2D eigenvalue weighted by Gasteiger charge is -2.20. The Morgan fingerprint density at radius 1 is 1.45 bits per heavy atom. The summed E-state index contributed by atoms with van der Waals surface area (Å²) in [6.45, 7) is 12.3. The molecular weight excluding hydrogens is 138 g/mol. The molecule has 2 heteroatoms. The number of rotatable bonds is 5. The Morgan fingerprint density at radius 2 is 2.09 bits per heavy atom. The van der Waals surface area contributed by atoms with E-state index >= 15 is 0 Å². The predicted octanol–water partition coefficient (Wildman–Crippen LogP) is 1.58. The highest BCUT2D eigenvalue weighted by Crippen LogP contribution is 1.96. The van der Waals surface area contributed by atoms with Crippen molar-refractivity contribution in [1.82, 2.24) is 5.32 Å². The van der Waals surface area contributed by atoms with Gasteiger partial charge in [-0.05, 0) is 20.8 Å². The van der Waals surface area contributed by atoms with Gasteiger partial charge in [-0.15, -0.1) is 6.58 Å². The van der Waals surface area contributed by atoms with Crippen LogP contribution in [0.3, 0.4) is 0 Å². The predicted molar refractivity (Wildman–Crippen MR) is 48.8 cm³/mol. The lowest BCUT2D eigenvalue weighted by Crippen LogP contribution is -2.37. The second kappa shape index (κ2) is 5.33. The van der Waals surface area contributed by atoms with Gasteiger partial charge < -0.3 is 10.1 Å². The van der Waals surface area contributed by atoms with Gasteiger partial charge in [-0.2, -0.15) is 0 Å². The van der Waals surface area contributed by atoms with Crippen molar-refractivity contribution in [2.24, 2.45) is 0 Å². The fraction of sp³-hybridized carbons (Fsp3) is 0.778. The minimum atomic E-state index is 0.192. The van der Waals surface area contributed by atoms with E-state index in [9.17, 15) is 0 Å². The van der Waals surface area contributed by atoms with Crippen LogP contribution in [-0.2, 0) is 4.74 Å². The van der Waals surface area contributed by atoms with Crippen LogP contribution in [0.2, 0.25) is 0 Å². The molecule has 0 unspecified atom stereocenters. The SMILES string of the molecule is C=CCOCCNC(C)(C)C. The number of hydrogen-bond acceptors (Lipinski definition) is 2. The van der Waals surface area contributed by atoms with Crippen LogP contribution in [0.4, 0.5) is 0 Å². The Balaban J connectivity index is 3.08. The summed E-state index contributed by atoms with van der Waals surface area (Å²) in [4.78, 5) is 0. The van der Waals surface area contributed by atoms with E-state index in [1.807, 2.05) is 0 Å². The summed E-state index contributed by atoms with van der Waals surface area (Å²) in [6, 6.07) is 0. The maximum Gasteiger partial charge on any atom is 0.0645 e. The molecule has 0 spiro atoms. The number of nitrogens with one attached hydrogen (secondary N) is 1. The van der Waals surface area contributed by atoms with Crippen LogP contribution in [0.1, 0.15) is 20.8 Å². The smallest absolute Gasteiger partial charge is 0.0645 e. The Bertz CT molecular complexity index is 105. The van der Waals surface area contributed by atoms with Gasteiger partial charge in [0.15, 0.2) is 0 Å². The van der Waals surface area contributed by atoms with Gasteiger partial charge in [0.1, 0.15) is 0 Å². The monoisotopic (exact) mass is 157 g/mol. The first-order valence-corrected chi connectivity index (χ1v) is 4.00. The molecule has 0 heterocycles. The molecule has 0 aliphatic rings. The molecule has 0 amide bonds. The van der Waals surface area contributed by atoms with Crippen molar-refractivity contribution in [3.63, 3.8) is 0 Å². The van der Waals surface area contributed by atoms with Gasteiger partial charge >= 0.3 is 0 Å². The molecule has 0 radical (unpaired) electrons. The molecule has 0 aromatic heterocycles. The number of hydrogen-bond donors (Lipinski definition) is 1. The van der Waals surface area contributed by atoms with Gasteiger partial charge in [0.05, 0.1) is 13.2 Å². The molecule has 0 aromatic rings. The first kappa shape index (κ1) is 10.7. The second-order valence-corrected chi connectivity index (χ2v) is 3.54. The van der Waals surface area contributed by atoms with Gasteiger partial charge in [-0.25, -0.2) is 0 Å². The summed E-state index contributed by atoms with van der Waals surface area (Å²) >= 11 is 0. The first-order chi connectivity index (χ1) is 5.06. The quantitative estimate of drug-likeness (QED) is 0.483. The Morgan fingerprint density at radius 3 is 2.55 bits per heavy atom. The lowest BCUT2D eigenvalue weighted by molar-refractivity contribution is 0.157. The van der Waals surface area contributed by atoms with Gasteiger partial charge in [0.25, 0.3) is 0 Å². The third kappa shape index (κ3) is 9.66. The van der Waals surface area contributed by atoms with E-state index < -0.39 is 0 Å². The molecule has 0 aliphatic heterocycles. The minimum Gasteiger partial charge on any atom is -0.376 e. The Hall–Kier alpha value is -0.340. The van der Waals surface area contributed by atoms with Crippen LogP contribution >= 0.6 is 0 Å². The van der Waals surface area contributed by atoms with Crippen LogP contribution in [-0.4, -0.2) is 25.3 Å². The largest absolute Gasteiger partial charge is 0.376 e. The summed E-state index contributed by atoms with van der Waals surface area (Å²) in [5.74, 6) is 0. The van der Waals surface area contributed by atoms with Gasteiger partial charge in [0, 0.05) is 12.1 Å². The molecule has 1 N–H and O–H groups in total. The summed E-state index contributed by atoms with van der Waals surface area (Å²) in [5.41, 5.74) is 0.192. The Kier molecular flexibility index (Phi) is 5.16. The van der Waals surface area contributed by atoms with Crippen LogP contribution in [0.5, 0.6) is 0 Å². The minimum absolute atomic E-state index is 0.192. The molecule has 0 fully saturated rings. The maximum absolute atomic E-state index is 5.20. The lowest BCUT2D eigenvalue weighted by atomic mass is 10.1. The number of ether oxygens (including phenoxy) is 1. The van der Waals surface area contributed by atoms with E-state index in [-0.39, 0.29) is 5.54 Å². The summed E-state index contributed by atoms with van der Waals surface area (Å²) < 4.78 is 5.20. The molecule has 2 nitrogen and oxygen atoms in total. The molecule has 0 rings (SSSR count). The van der Waals surface area contributed by atoms with Gasteiger partial charge in [-0.1, -0.05) is 6.08 Å². The van der Waals surface area contributed by atoms with E-state index in [4.69, 9.17) is 4.74 Å². The van der Waals surface area contributed by atoms with Crippen LogP contribution in [0, 0.1) is 0 Å². The van der Waals surface area contributed by atoms with Crippen molar-refractivity contribution in [1.29, 1.82) is 0 Å². The molecule has 0 atom stereocenters. The van der Waals surface area contributed by atoms with Crippen molar-refractivity contribution in [3.05, 3.63) is 12.7 Å². The highest BCUT2D eigenvalue weighted by atomic mass is 16.5. The normalized spacial score (nSPS) is 11.5. The average molecular weight is 157 g/mol. The molecule has 0 saturated carbocycles. The summed E-state index contributed by atoms with van der Waals surface area (Å²) in [6.07, 6.45) is 1.76. The molecule has 66 valence electrons. The molecule has 0 aliphatic carbocycles. The van der Waals surface area contributed by atoms with Gasteiger partial charge in [0.2, 0.25) is 0 Å². The van der Waals surface area contributed by atoms with Gasteiger partial charge in [-0.3, -0.25) is 0 Å². The zero-order valence-corrected chi connectivity index (χ0v) is 7.81. The van der Waals surface area contributed by atoms with Crippen molar-refractivity contribution < 1.29 is 4.74 Å². The molecule has 0 bridgehead atoms. The first-order valence-electron chi connectivity index (χ1n) is 4.00. The van der Waals surface area contributed by atoms with Crippen LogP contribution in [0.25, 0.3) is 0 Å². The van der Waals surface area contributed by atoms with Crippen molar-refractivity contribution >= 4 is 0 Å². The fourth-order valence-corrected chi connectivity index (χ4v) is 0.665. The van der Waals surface area contributed by atoms with Crippen molar-refractivity contribution in [2.45, 2.75) is 26.3 Å². The van der Waals surface area contributed by atoms with Crippen LogP contribution < -0.4 is 5.32 Å². The molecule has 0 aromatic carbocycles. The molecular formula is C9H19NO. The highest BCUT2D eigenvalue weighted by molar-refractivity contribution is 4.70. The van der Waals surface area contributed by atoms with E-state index in [1.165, 1.54) is 0 Å². The summed E-state index contributed by atoms with van der Waals surface area (Å²) in [7, 11) is 0.